The first kappa shape index (κ1) is 15.0. The predicted octanol–water partition coefficient (Wildman–Crippen LogP) is 4.02. The number of thiazole rings is 1. The van der Waals surface area contributed by atoms with E-state index in [0.29, 0.717) is 5.13 Å². The summed E-state index contributed by atoms with van der Waals surface area (Å²) in [4.78, 5) is 4.63. The first-order valence-corrected chi connectivity index (χ1v) is 9.12. The molecule has 0 saturated carbocycles. The van der Waals surface area contributed by atoms with Crippen LogP contribution >= 0.6 is 11.3 Å². The van der Waals surface area contributed by atoms with Crippen LogP contribution in [0.4, 0.5) is 5.13 Å². The number of aryl methyl sites for hydroxylation is 3. The maximum Gasteiger partial charge on any atom is 0.263 e. The number of hydrogen-bond acceptors (Lipinski definition) is 4. The monoisotopic (exact) mass is 332 g/mol. The largest absolute Gasteiger partial charge is 0.263 e. The van der Waals surface area contributed by atoms with Crippen molar-refractivity contribution in [3.8, 4) is 0 Å². The SMILES string of the molecule is Cc1ccc(S(=O)(=O)Nc2nc3ccc(C)cc3s2)c(C)c1. The second kappa shape index (κ2) is 5.37. The Labute approximate surface area is 133 Å². The van der Waals surface area contributed by atoms with Gasteiger partial charge in [-0.25, -0.2) is 13.4 Å². The fraction of sp³-hybridized carbons (Fsp3) is 0.188. The van der Waals surface area contributed by atoms with Crippen molar-refractivity contribution < 1.29 is 8.42 Å². The summed E-state index contributed by atoms with van der Waals surface area (Å²) in [5, 5.41) is 0.389. The average Bonchev–Trinajstić information content (AvgIpc) is 2.78. The third-order valence-electron chi connectivity index (χ3n) is 3.39. The molecule has 6 heteroatoms. The van der Waals surface area contributed by atoms with Gasteiger partial charge in [-0.05, 0) is 50.1 Å². The Hall–Kier alpha value is -1.92. The standard InChI is InChI=1S/C16H16N2O2S2/c1-10-5-7-15(12(3)8-10)22(19,20)18-16-17-13-6-4-11(2)9-14(13)21-16/h4-9H,1-3H3,(H,17,18). The summed E-state index contributed by atoms with van der Waals surface area (Å²) in [6.07, 6.45) is 0. The van der Waals surface area contributed by atoms with E-state index in [2.05, 4.69) is 9.71 Å². The molecule has 0 aliphatic rings. The van der Waals surface area contributed by atoms with Gasteiger partial charge in [0.2, 0.25) is 0 Å². The van der Waals surface area contributed by atoms with Crippen molar-refractivity contribution in [2.45, 2.75) is 25.7 Å². The zero-order valence-corrected chi connectivity index (χ0v) is 14.2. The highest BCUT2D eigenvalue weighted by Crippen LogP contribution is 2.29. The van der Waals surface area contributed by atoms with Crippen molar-refractivity contribution >= 4 is 36.7 Å². The maximum absolute atomic E-state index is 12.5. The molecule has 0 fully saturated rings. The van der Waals surface area contributed by atoms with Crippen LogP contribution in [0.1, 0.15) is 16.7 Å². The molecule has 114 valence electrons. The van der Waals surface area contributed by atoms with Gasteiger partial charge in [-0.2, -0.15) is 0 Å². The van der Waals surface area contributed by atoms with E-state index in [9.17, 15) is 8.42 Å². The molecule has 0 aliphatic carbocycles. The van der Waals surface area contributed by atoms with Crippen LogP contribution in [0.2, 0.25) is 0 Å². The van der Waals surface area contributed by atoms with E-state index in [-0.39, 0.29) is 4.90 Å². The summed E-state index contributed by atoms with van der Waals surface area (Å²) < 4.78 is 28.6. The van der Waals surface area contributed by atoms with Gasteiger partial charge in [0.1, 0.15) is 0 Å². The molecule has 0 amide bonds. The van der Waals surface area contributed by atoms with Crippen molar-refractivity contribution in [2.75, 3.05) is 4.72 Å². The van der Waals surface area contributed by atoms with Crippen molar-refractivity contribution in [3.05, 3.63) is 53.1 Å². The Morgan fingerprint density at radius 2 is 1.68 bits per heavy atom. The normalized spacial score (nSPS) is 11.8. The lowest BCUT2D eigenvalue weighted by atomic mass is 10.2. The Morgan fingerprint density at radius 1 is 1.00 bits per heavy atom. The zero-order chi connectivity index (χ0) is 15.9. The van der Waals surface area contributed by atoms with Crippen LogP contribution in [0.3, 0.4) is 0 Å². The topological polar surface area (TPSA) is 59.1 Å². The third-order valence-corrected chi connectivity index (χ3v) is 5.95. The molecule has 0 unspecified atom stereocenters. The Morgan fingerprint density at radius 3 is 2.41 bits per heavy atom. The molecule has 1 heterocycles. The van der Waals surface area contributed by atoms with Gasteiger partial charge in [-0.3, -0.25) is 4.72 Å². The number of sulfonamides is 1. The molecule has 0 atom stereocenters. The van der Waals surface area contributed by atoms with Crippen LogP contribution in [0.5, 0.6) is 0 Å². The van der Waals surface area contributed by atoms with Crippen molar-refractivity contribution in [1.82, 2.24) is 4.98 Å². The molecular weight excluding hydrogens is 316 g/mol. The molecule has 3 rings (SSSR count). The first-order valence-electron chi connectivity index (χ1n) is 6.82. The number of nitrogens with one attached hydrogen (secondary N) is 1. The fourth-order valence-corrected chi connectivity index (χ4v) is 4.77. The number of nitrogens with zero attached hydrogens (tertiary/aromatic N) is 1. The van der Waals surface area contributed by atoms with E-state index in [1.54, 1.807) is 19.1 Å². The molecule has 4 nitrogen and oxygen atoms in total. The van der Waals surface area contributed by atoms with E-state index in [1.165, 1.54) is 11.3 Å². The van der Waals surface area contributed by atoms with Crippen molar-refractivity contribution in [3.63, 3.8) is 0 Å². The predicted molar refractivity (Wildman–Crippen MR) is 91.1 cm³/mol. The number of anilines is 1. The number of fused-ring (bicyclic) bond motifs is 1. The Kier molecular flexibility index (Phi) is 3.66. The van der Waals surface area contributed by atoms with Crippen LogP contribution in [0, 0.1) is 20.8 Å². The van der Waals surface area contributed by atoms with Gasteiger partial charge in [0, 0.05) is 0 Å². The highest BCUT2D eigenvalue weighted by Gasteiger charge is 2.18. The second-order valence-electron chi connectivity index (χ2n) is 5.36. The van der Waals surface area contributed by atoms with E-state index < -0.39 is 10.0 Å². The number of benzene rings is 2. The summed E-state index contributed by atoms with van der Waals surface area (Å²) in [6.45, 7) is 5.73. The molecule has 1 N–H and O–H groups in total. The van der Waals surface area contributed by atoms with Crippen LogP contribution in [-0.2, 0) is 10.0 Å². The lowest BCUT2D eigenvalue weighted by Gasteiger charge is -2.08. The molecule has 0 spiro atoms. The van der Waals surface area contributed by atoms with E-state index in [4.69, 9.17) is 0 Å². The first-order chi connectivity index (χ1) is 10.3. The molecule has 0 aliphatic heterocycles. The molecule has 1 aromatic heterocycles. The minimum absolute atomic E-state index is 0.286. The van der Waals surface area contributed by atoms with Crippen LogP contribution < -0.4 is 4.72 Å². The van der Waals surface area contributed by atoms with Gasteiger partial charge in [0.15, 0.2) is 5.13 Å². The van der Waals surface area contributed by atoms with Crippen LogP contribution in [0.15, 0.2) is 41.3 Å². The fourth-order valence-electron chi connectivity index (χ4n) is 2.35. The van der Waals surface area contributed by atoms with Gasteiger partial charge in [-0.1, -0.05) is 35.1 Å². The van der Waals surface area contributed by atoms with Gasteiger partial charge in [0.05, 0.1) is 15.1 Å². The molecule has 0 bridgehead atoms. The Bertz CT molecular complexity index is 959. The third kappa shape index (κ3) is 2.84. The van der Waals surface area contributed by atoms with E-state index in [1.807, 2.05) is 38.1 Å². The molecule has 22 heavy (non-hydrogen) atoms. The lowest BCUT2D eigenvalue weighted by Crippen LogP contribution is -2.14. The number of hydrogen-bond donors (Lipinski definition) is 1. The summed E-state index contributed by atoms with van der Waals surface area (Å²) in [5.41, 5.74) is 3.69. The number of rotatable bonds is 3. The molecule has 0 radical (unpaired) electrons. The van der Waals surface area contributed by atoms with Crippen molar-refractivity contribution in [1.29, 1.82) is 0 Å². The average molecular weight is 332 g/mol. The molecule has 0 saturated heterocycles. The van der Waals surface area contributed by atoms with Crippen LogP contribution in [0.25, 0.3) is 10.2 Å². The summed E-state index contributed by atoms with van der Waals surface area (Å²) in [6, 6.07) is 11.1. The zero-order valence-electron chi connectivity index (χ0n) is 12.5. The number of aromatic nitrogens is 1. The van der Waals surface area contributed by atoms with Crippen molar-refractivity contribution in [2.24, 2.45) is 0 Å². The van der Waals surface area contributed by atoms with Gasteiger partial charge < -0.3 is 0 Å². The van der Waals surface area contributed by atoms with Gasteiger partial charge in [0.25, 0.3) is 10.0 Å². The minimum atomic E-state index is -3.62. The minimum Gasteiger partial charge on any atom is -0.255 e. The van der Waals surface area contributed by atoms with Gasteiger partial charge in [-0.15, -0.1) is 0 Å². The van der Waals surface area contributed by atoms with Gasteiger partial charge >= 0.3 is 0 Å². The quantitative estimate of drug-likeness (QED) is 0.788. The smallest absolute Gasteiger partial charge is 0.255 e. The second-order valence-corrected chi connectivity index (χ2v) is 8.05. The molecule has 2 aromatic carbocycles. The highest BCUT2D eigenvalue weighted by atomic mass is 32.2. The summed E-state index contributed by atoms with van der Waals surface area (Å²) in [7, 11) is -3.62. The van der Waals surface area contributed by atoms with E-state index >= 15 is 0 Å². The van der Waals surface area contributed by atoms with Crippen LogP contribution in [-0.4, -0.2) is 13.4 Å². The summed E-state index contributed by atoms with van der Waals surface area (Å²) >= 11 is 1.34. The summed E-state index contributed by atoms with van der Waals surface area (Å²) in [5.74, 6) is 0. The molecule has 3 aromatic rings. The molecular formula is C16H16N2O2S2. The Balaban J connectivity index is 1.99. The maximum atomic E-state index is 12.5. The van der Waals surface area contributed by atoms with E-state index in [0.717, 1.165) is 26.9 Å². The lowest BCUT2D eigenvalue weighted by molar-refractivity contribution is 0.600. The highest BCUT2D eigenvalue weighted by molar-refractivity contribution is 7.93.